The Morgan fingerprint density at radius 3 is 2.16 bits per heavy atom. The second-order valence-corrected chi connectivity index (χ2v) is 20.9. The number of carbonyl (C=O) groups excluding carboxylic acids is 5. The van der Waals surface area contributed by atoms with Crippen molar-refractivity contribution in [2.45, 2.75) is 174 Å². The molecule has 3 saturated heterocycles. The van der Waals surface area contributed by atoms with Gasteiger partial charge in [0.1, 0.15) is 23.7 Å². The van der Waals surface area contributed by atoms with Gasteiger partial charge in [0.2, 0.25) is 23.6 Å². The van der Waals surface area contributed by atoms with E-state index in [2.05, 4.69) is 29.8 Å². The van der Waals surface area contributed by atoms with Crippen molar-refractivity contribution in [1.82, 2.24) is 34.8 Å². The molecule has 4 aliphatic carbocycles. The SMILES string of the molecule is [2H]C([2H])([2H])C([2H])([2H])N1CCC[C@H]1C(=O)N[C@H](C(=O)N[C@H](C(=O)N1C[C@]2(C[C@H]1C(=O)N[C@]1(C(=O)NS(=O)(=O)N3C([2H])([2H])C([2H])([2H])C([2H])([2H])C3([2H])[2H])C[C@H]1CC)C(C)(C)C21CCC1)C(C)(C)C)C1CCCCC1. The first-order chi connectivity index (χ1) is 32.2. The number of hydrogen-bond donors (Lipinski definition) is 4. The molecule has 7 aliphatic rings. The van der Waals surface area contributed by atoms with E-state index in [0.717, 1.165) is 43.4 Å². The summed E-state index contributed by atoms with van der Waals surface area (Å²) in [6.07, 6.45) is -0.570. The molecule has 0 radical (unpaired) electrons. The second kappa shape index (κ2) is 15.6. The van der Waals surface area contributed by atoms with E-state index in [-0.39, 0.29) is 55.5 Å². The molecule has 7 atom stereocenters. The summed E-state index contributed by atoms with van der Waals surface area (Å²) in [7, 11) is -5.71. The van der Waals surface area contributed by atoms with E-state index in [4.69, 9.17) is 17.8 Å². The van der Waals surface area contributed by atoms with Crippen LogP contribution in [0.5, 0.6) is 0 Å². The average Bonchev–Trinajstić information content (AvgIpc) is 3.70. The quantitative estimate of drug-likeness (QED) is 0.218. The van der Waals surface area contributed by atoms with E-state index in [1.807, 2.05) is 0 Å². The van der Waals surface area contributed by atoms with Crippen molar-refractivity contribution in [2.24, 2.45) is 33.5 Å². The molecule has 5 amide bonds. The van der Waals surface area contributed by atoms with Crippen LogP contribution in [0.3, 0.4) is 0 Å². The Kier molecular flexibility index (Phi) is 7.93. The van der Waals surface area contributed by atoms with Crippen LogP contribution in [0.25, 0.3) is 0 Å². The zero-order valence-electron chi connectivity index (χ0n) is 47.7. The molecule has 58 heavy (non-hydrogen) atoms. The lowest BCUT2D eigenvalue weighted by atomic mass is 9.73. The Morgan fingerprint density at radius 1 is 0.897 bits per heavy atom. The molecule has 7 fully saturated rings. The molecule has 3 aliphatic heterocycles. The highest BCUT2D eigenvalue weighted by Gasteiger charge is 2.85. The van der Waals surface area contributed by atoms with Crippen molar-refractivity contribution in [3.8, 4) is 0 Å². The fourth-order valence-electron chi connectivity index (χ4n) is 11.6. The maximum absolute atomic E-state index is 15.4. The van der Waals surface area contributed by atoms with E-state index in [1.165, 1.54) is 4.90 Å². The summed E-state index contributed by atoms with van der Waals surface area (Å²) < 4.78 is 134. The minimum absolute atomic E-state index is 0.00831. The van der Waals surface area contributed by atoms with Gasteiger partial charge in [0.05, 0.1) is 6.04 Å². The number of likely N-dealkylation sites (tertiary alicyclic amines) is 2. The largest absolute Gasteiger partial charge is 0.343 e. The van der Waals surface area contributed by atoms with Crippen molar-refractivity contribution in [1.29, 1.82) is 0 Å². The maximum Gasteiger partial charge on any atom is 0.303 e. The van der Waals surface area contributed by atoms with Gasteiger partial charge in [-0.3, -0.25) is 28.9 Å². The number of fused-ring (bicyclic) bond motifs is 1. The first-order valence-electron chi connectivity index (χ1n) is 27.6. The summed E-state index contributed by atoms with van der Waals surface area (Å²) in [5.41, 5.74) is -4.16. The molecule has 4 N–H and O–H groups in total. The van der Waals surface area contributed by atoms with Gasteiger partial charge < -0.3 is 20.9 Å². The van der Waals surface area contributed by atoms with Crippen LogP contribution in [0.15, 0.2) is 0 Å². The van der Waals surface area contributed by atoms with Gasteiger partial charge in [0.25, 0.3) is 5.91 Å². The number of rotatable bonds is 13. The number of nitrogens with zero attached hydrogens (tertiary/aromatic N) is 3. The van der Waals surface area contributed by atoms with Gasteiger partial charge in [-0.05, 0) is 105 Å². The molecule has 0 aromatic carbocycles. The molecule has 0 aromatic rings. The van der Waals surface area contributed by atoms with Gasteiger partial charge in [0.15, 0.2) is 0 Å². The van der Waals surface area contributed by atoms with Gasteiger partial charge in [-0.15, -0.1) is 0 Å². The molecule has 326 valence electrons. The van der Waals surface area contributed by atoms with E-state index < -0.39 is 130 Å². The first kappa shape index (κ1) is 29.5. The van der Waals surface area contributed by atoms with Crippen LogP contribution in [-0.4, -0.2) is 114 Å². The fourth-order valence-corrected chi connectivity index (χ4v) is 12.4. The van der Waals surface area contributed by atoms with Gasteiger partial charge in [-0.1, -0.05) is 80.5 Å². The minimum Gasteiger partial charge on any atom is -0.343 e. The predicted octanol–water partition coefficient (Wildman–Crippen LogP) is 3.61. The molecular weight excluding hydrogens is 759 g/mol. The smallest absolute Gasteiger partial charge is 0.303 e. The first-order valence-corrected chi connectivity index (χ1v) is 22.5. The Hall–Kier alpha value is -2.78. The van der Waals surface area contributed by atoms with Gasteiger partial charge in [-0.25, -0.2) is 4.72 Å². The van der Waals surface area contributed by atoms with Crippen LogP contribution in [0.4, 0.5) is 0 Å². The zero-order chi connectivity index (χ0) is 53.5. The van der Waals surface area contributed by atoms with Crippen molar-refractivity contribution >= 4 is 39.7 Å². The third kappa shape index (κ3) is 7.18. The topological polar surface area (TPSA) is 177 Å². The van der Waals surface area contributed by atoms with Gasteiger partial charge >= 0.3 is 10.2 Å². The Bertz CT molecular complexity index is 2280. The molecule has 14 nitrogen and oxygen atoms in total. The highest BCUT2D eigenvalue weighted by Crippen LogP contribution is 2.88. The number of amides is 5. The lowest BCUT2D eigenvalue weighted by molar-refractivity contribution is -0.145. The normalized spacial score (nSPS) is 40.3. The van der Waals surface area contributed by atoms with Crippen molar-refractivity contribution < 1.29 is 50.2 Å². The average molecular weight is 843 g/mol. The summed E-state index contributed by atoms with van der Waals surface area (Å²) in [5.74, 6) is -5.32. The molecule has 0 bridgehead atoms. The third-order valence-corrected chi connectivity index (χ3v) is 16.5. The summed E-state index contributed by atoms with van der Waals surface area (Å²) in [6, 6.07) is -4.95. The fraction of sp³-hybridized carbons (Fsp3) is 0.884. The Morgan fingerprint density at radius 2 is 1.59 bits per heavy atom. The van der Waals surface area contributed by atoms with Crippen LogP contribution in [-0.2, 0) is 34.2 Å². The molecule has 4 saturated carbocycles. The van der Waals surface area contributed by atoms with Crippen LogP contribution < -0.4 is 20.7 Å². The molecule has 15 heteroatoms. The van der Waals surface area contributed by atoms with Gasteiger partial charge in [0, 0.05) is 42.8 Å². The van der Waals surface area contributed by atoms with E-state index in [1.54, 1.807) is 32.4 Å². The Balaban J connectivity index is 1.17. The molecule has 2 spiro atoms. The standard InChI is InChI=1S/C43H71N7O7S/c1-8-29-25-43(29,38(55)47-58(56,57)49-23-13-14-24-49)46-35(52)31-26-42(40(6,7)41(42)20-16-21-41)27-50(31)37(54)33(39(3,4)5)45-36(53)32(28-17-11-10-12-18-28)44-34(51)30-19-15-22-48(30)9-2/h28-33H,8-27H2,1-7H3,(H,44,51)(H,45,53)(H,46,52)(H,47,55)/t29-,30+,31+,32+,33-,42-,43-/m1/s1/i2D3,9D2,13D2,14D2,23D2,24D2. The van der Waals surface area contributed by atoms with Crippen LogP contribution in [0.2, 0.25) is 0 Å². The molecule has 7 rings (SSSR count). The minimum atomic E-state index is -5.71. The highest BCUT2D eigenvalue weighted by molar-refractivity contribution is 7.87. The zero-order valence-corrected chi connectivity index (χ0v) is 35.5. The molecule has 3 heterocycles. The van der Waals surface area contributed by atoms with Crippen LogP contribution >= 0.6 is 0 Å². The monoisotopic (exact) mass is 843 g/mol. The predicted molar refractivity (Wildman–Crippen MR) is 220 cm³/mol. The highest BCUT2D eigenvalue weighted by atomic mass is 32.2. The van der Waals surface area contributed by atoms with Gasteiger partial charge in [-0.2, -0.15) is 12.7 Å². The number of hydrogen-bond acceptors (Lipinski definition) is 8. The van der Waals surface area contributed by atoms with Crippen molar-refractivity contribution in [2.75, 3.05) is 32.6 Å². The lowest BCUT2D eigenvalue weighted by Gasteiger charge is -2.38. The maximum atomic E-state index is 15.4. The van der Waals surface area contributed by atoms with Crippen molar-refractivity contribution in [3.63, 3.8) is 0 Å². The summed E-state index contributed by atoms with van der Waals surface area (Å²) in [6.45, 7) is -2.44. The Labute approximate surface area is 364 Å². The third-order valence-electron chi connectivity index (χ3n) is 15.4. The van der Waals surface area contributed by atoms with Crippen LogP contribution in [0.1, 0.15) is 162 Å². The number of carbonyl (C=O) groups is 5. The summed E-state index contributed by atoms with van der Waals surface area (Å²) >= 11 is 0. The van der Waals surface area contributed by atoms with E-state index in [0.29, 0.717) is 19.3 Å². The molecule has 0 aromatic heterocycles. The van der Waals surface area contributed by atoms with E-state index in [9.17, 15) is 27.6 Å². The summed E-state index contributed by atoms with van der Waals surface area (Å²) in [4.78, 5) is 75.9. The van der Waals surface area contributed by atoms with Crippen molar-refractivity contribution in [3.05, 3.63) is 0 Å². The number of likely N-dealkylation sites (N-methyl/N-ethyl adjacent to an activating group) is 1. The van der Waals surface area contributed by atoms with Crippen LogP contribution in [0, 0.1) is 33.5 Å². The summed E-state index contributed by atoms with van der Waals surface area (Å²) in [5, 5.41) is 8.51. The lowest BCUT2D eigenvalue weighted by Crippen LogP contribution is -2.63. The molecular formula is C43H71N7O7S. The molecule has 0 unspecified atom stereocenters. The second-order valence-electron chi connectivity index (χ2n) is 19.4. The number of nitrogens with one attached hydrogen (secondary N) is 4. The van der Waals surface area contributed by atoms with E-state index >= 15 is 4.79 Å².